The molecule has 1 N–H and O–H groups in total. The molecule has 2 unspecified atom stereocenters. The first-order valence-electron chi connectivity index (χ1n) is 5.36. The Bertz CT molecular complexity index is 158. The minimum absolute atomic E-state index is 0.374. The Kier molecular flexibility index (Phi) is 2.86. The highest BCUT2D eigenvalue weighted by Crippen LogP contribution is 2.21. The Morgan fingerprint density at radius 2 is 2.31 bits per heavy atom. The van der Waals surface area contributed by atoms with Gasteiger partial charge in [0.15, 0.2) is 0 Å². The van der Waals surface area contributed by atoms with Crippen LogP contribution >= 0.6 is 0 Å². The fourth-order valence-electron chi connectivity index (χ4n) is 2.40. The molecule has 0 bridgehead atoms. The van der Waals surface area contributed by atoms with Gasteiger partial charge < -0.3 is 10.1 Å². The van der Waals surface area contributed by atoms with Crippen molar-refractivity contribution < 1.29 is 4.74 Å². The van der Waals surface area contributed by atoms with Crippen LogP contribution in [0.1, 0.15) is 20.3 Å². The summed E-state index contributed by atoms with van der Waals surface area (Å²) >= 11 is 0. The van der Waals surface area contributed by atoms with Crippen molar-refractivity contribution in [3.63, 3.8) is 0 Å². The number of hydrogen-bond donors (Lipinski definition) is 1. The van der Waals surface area contributed by atoms with Crippen molar-refractivity contribution in [1.29, 1.82) is 0 Å². The van der Waals surface area contributed by atoms with Crippen molar-refractivity contribution in [2.24, 2.45) is 0 Å². The summed E-state index contributed by atoms with van der Waals surface area (Å²) in [5, 5.41) is 3.43. The quantitative estimate of drug-likeness (QED) is 0.674. The topological polar surface area (TPSA) is 24.5 Å². The Morgan fingerprint density at radius 1 is 1.46 bits per heavy atom. The van der Waals surface area contributed by atoms with E-state index in [4.69, 9.17) is 4.74 Å². The molecule has 0 amide bonds. The molecular weight excluding hydrogens is 164 g/mol. The molecule has 0 aliphatic carbocycles. The van der Waals surface area contributed by atoms with E-state index in [1.165, 1.54) is 13.0 Å². The lowest BCUT2D eigenvalue weighted by molar-refractivity contribution is 0.0142. The van der Waals surface area contributed by atoms with Gasteiger partial charge in [0.05, 0.1) is 12.2 Å². The predicted molar refractivity (Wildman–Crippen MR) is 52.9 cm³/mol. The maximum absolute atomic E-state index is 5.83. The second-order valence-electron chi connectivity index (χ2n) is 4.40. The lowest BCUT2D eigenvalue weighted by Crippen LogP contribution is -2.47. The molecule has 2 saturated heterocycles. The van der Waals surface area contributed by atoms with E-state index in [2.05, 4.69) is 24.1 Å². The first-order valence-corrected chi connectivity index (χ1v) is 5.36. The minimum Gasteiger partial charge on any atom is -0.374 e. The predicted octanol–water partition coefficient (Wildman–Crippen LogP) is 0.458. The van der Waals surface area contributed by atoms with Crippen molar-refractivity contribution in [3.8, 4) is 0 Å². The van der Waals surface area contributed by atoms with E-state index in [1.807, 2.05) is 0 Å². The Balaban J connectivity index is 1.84. The van der Waals surface area contributed by atoms with E-state index in [1.54, 1.807) is 0 Å². The molecule has 0 saturated carbocycles. The van der Waals surface area contributed by atoms with Crippen LogP contribution in [0.5, 0.6) is 0 Å². The summed E-state index contributed by atoms with van der Waals surface area (Å²) in [5.41, 5.74) is 0. The van der Waals surface area contributed by atoms with Crippen molar-refractivity contribution in [1.82, 2.24) is 10.2 Å². The van der Waals surface area contributed by atoms with E-state index in [0.29, 0.717) is 12.2 Å². The van der Waals surface area contributed by atoms with Crippen LogP contribution in [-0.2, 0) is 4.74 Å². The van der Waals surface area contributed by atoms with Gasteiger partial charge in [-0.1, -0.05) is 0 Å². The van der Waals surface area contributed by atoms with Crippen LogP contribution in [0.2, 0.25) is 0 Å². The van der Waals surface area contributed by atoms with Gasteiger partial charge in [-0.25, -0.2) is 0 Å². The van der Waals surface area contributed by atoms with E-state index < -0.39 is 0 Å². The van der Waals surface area contributed by atoms with Crippen molar-refractivity contribution in [2.45, 2.75) is 38.5 Å². The number of fused-ring (bicyclic) bond motifs is 1. The molecule has 13 heavy (non-hydrogen) atoms. The number of nitrogens with one attached hydrogen (secondary N) is 1. The second kappa shape index (κ2) is 3.95. The molecule has 76 valence electrons. The van der Waals surface area contributed by atoms with E-state index in [-0.39, 0.29) is 0 Å². The van der Waals surface area contributed by atoms with E-state index in [9.17, 15) is 0 Å². The number of rotatable bonds is 2. The van der Waals surface area contributed by atoms with Gasteiger partial charge in [-0.3, -0.25) is 4.90 Å². The van der Waals surface area contributed by atoms with Gasteiger partial charge >= 0.3 is 0 Å². The molecule has 0 spiro atoms. The maximum atomic E-state index is 5.83. The molecule has 2 atom stereocenters. The molecule has 0 aromatic rings. The first kappa shape index (κ1) is 9.44. The third kappa shape index (κ3) is 2.22. The molecule has 2 heterocycles. The molecule has 0 radical (unpaired) electrons. The summed E-state index contributed by atoms with van der Waals surface area (Å²) < 4.78 is 5.83. The maximum Gasteiger partial charge on any atom is 0.0720 e. The van der Waals surface area contributed by atoms with Gasteiger partial charge in [-0.15, -0.1) is 0 Å². The van der Waals surface area contributed by atoms with Crippen LogP contribution in [0.15, 0.2) is 0 Å². The van der Waals surface area contributed by atoms with Crippen molar-refractivity contribution in [2.75, 3.05) is 26.2 Å². The molecule has 2 aliphatic heterocycles. The van der Waals surface area contributed by atoms with Gasteiger partial charge in [0, 0.05) is 32.2 Å². The number of piperazine rings is 1. The highest BCUT2D eigenvalue weighted by atomic mass is 16.5. The van der Waals surface area contributed by atoms with Gasteiger partial charge in [-0.05, 0) is 20.3 Å². The summed E-state index contributed by atoms with van der Waals surface area (Å²) in [6, 6.07) is 0.734. The van der Waals surface area contributed by atoms with E-state index in [0.717, 1.165) is 25.7 Å². The zero-order valence-corrected chi connectivity index (χ0v) is 8.62. The van der Waals surface area contributed by atoms with Gasteiger partial charge in [0.1, 0.15) is 0 Å². The molecule has 3 heteroatoms. The van der Waals surface area contributed by atoms with Crippen molar-refractivity contribution >= 4 is 0 Å². The minimum atomic E-state index is 0.374. The average Bonchev–Trinajstić information content (AvgIpc) is 2.44. The third-order valence-corrected chi connectivity index (χ3v) is 2.91. The highest BCUT2D eigenvalue weighted by molar-refractivity contribution is 4.90. The monoisotopic (exact) mass is 184 g/mol. The average molecular weight is 184 g/mol. The molecule has 2 rings (SSSR count). The standard InChI is InChI=1S/C10H20N2O/c1-8(2)13-10-5-9-6-11-3-4-12(9)7-10/h8-11H,3-7H2,1-2H3. The summed E-state index contributed by atoms with van der Waals surface area (Å²) in [7, 11) is 0. The second-order valence-corrected chi connectivity index (χ2v) is 4.40. The van der Waals surface area contributed by atoms with Gasteiger partial charge in [0.2, 0.25) is 0 Å². The number of hydrogen-bond acceptors (Lipinski definition) is 3. The van der Waals surface area contributed by atoms with E-state index >= 15 is 0 Å². The third-order valence-electron chi connectivity index (χ3n) is 2.91. The van der Waals surface area contributed by atoms with Crippen molar-refractivity contribution in [3.05, 3.63) is 0 Å². The highest BCUT2D eigenvalue weighted by Gasteiger charge is 2.34. The fourth-order valence-corrected chi connectivity index (χ4v) is 2.40. The summed E-state index contributed by atoms with van der Waals surface area (Å²) in [5.74, 6) is 0. The van der Waals surface area contributed by atoms with Crippen LogP contribution in [0.4, 0.5) is 0 Å². The SMILES string of the molecule is CC(C)OC1CC2CNCCN2C1. The van der Waals surface area contributed by atoms with Crippen LogP contribution in [-0.4, -0.2) is 49.3 Å². The summed E-state index contributed by atoms with van der Waals surface area (Å²) in [4.78, 5) is 2.56. The van der Waals surface area contributed by atoms with Gasteiger partial charge in [0.25, 0.3) is 0 Å². The molecule has 3 nitrogen and oxygen atoms in total. The number of ether oxygens (including phenoxy) is 1. The Morgan fingerprint density at radius 3 is 3.00 bits per heavy atom. The zero-order chi connectivity index (χ0) is 9.26. The Labute approximate surface area is 80.4 Å². The normalized spacial score (nSPS) is 35.3. The summed E-state index contributed by atoms with van der Waals surface area (Å²) in [6.07, 6.45) is 2.06. The fraction of sp³-hybridized carbons (Fsp3) is 1.00. The van der Waals surface area contributed by atoms with Crippen LogP contribution < -0.4 is 5.32 Å². The zero-order valence-electron chi connectivity index (χ0n) is 8.62. The Hall–Kier alpha value is -0.120. The van der Waals surface area contributed by atoms with Crippen LogP contribution in [0, 0.1) is 0 Å². The molecule has 2 fully saturated rings. The lowest BCUT2D eigenvalue weighted by Gasteiger charge is -2.29. The molecule has 2 aliphatic rings. The first-order chi connectivity index (χ1) is 6.25. The summed E-state index contributed by atoms with van der Waals surface area (Å²) in [6.45, 7) is 8.88. The molecular formula is C10H20N2O. The lowest BCUT2D eigenvalue weighted by atomic mass is 10.2. The smallest absolute Gasteiger partial charge is 0.0720 e. The van der Waals surface area contributed by atoms with Crippen LogP contribution in [0.25, 0.3) is 0 Å². The van der Waals surface area contributed by atoms with Gasteiger partial charge in [-0.2, -0.15) is 0 Å². The number of nitrogens with zero attached hydrogens (tertiary/aromatic N) is 1. The van der Waals surface area contributed by atoms with Crippen LogP contribution in [0.3, 0.4) is 0 Å². The molecule has 0 aromatic carbocycles. The molecule has 0 aromatic heterocycles. The largest absolute Gasteiger partial charge is 0.374 e.